The number of benzene rings is 1. The monoisotopic (exact) mass is 289 g/mol. The van der Waals surface area contributed by atoms with Gasteiger partial charge in [0, 0.05) is 12.6 Å². The first kappa shape index (κ1) is 16.0. The fourth-order valence-electron chi connectivity index (χ4n) is 2.65. The van der Waals surface area contributed by atoms with Gasteiger partial charge in [0.2, 0.25) is 5.91 Å². The smallest absolute Gasteiger partial charge is 0.242 e. The molecule has 2 rings (SSSR count). The Balaban J connectivity index is 2.07. The van der Waals surface area contributed by atoms with Crippen LogP contribution in [-0.2, 0) is 4.79 Å². The topological polar surface area (TPSA) is 58.4 Å². The summed E-state index contributed by atoms with van der Waals surface area (Å²) in [6.07, 6.45) is 3.68. The van der Waals surface area contributed by atoms with Gasteiger partial charge in [-0.05, 0) is 37.3 Å². The fourth-order valence-corrected chi connectivity index (χ4v) is 2.65. The van der Waals surface area contributed by atoms with Crippen LogP contribution in [0.3, 0.4) is 0 Å². The molecule has 3 N–H and O–H groups in total. The molecule has 21 heavy (non-hydrogen) atoms. The first-order valence-corrected chi connectivity index (χ1v) is 7.91. The van der Waals surface area contributed by atoms with E-state index in [1.165, 1.54) is 19.3 Å². The number of hydrogen-bond acceptors (Lipinski definition) is 3. The van der Waals surface area contributed by atoms with Crippen molar-refractivity contribution in [2.24, 2.45) is 11.8 Å². The van der Waals surface area contributed by atoms with E-state index in [0.29, 0.717) is 12.0 Å². The Kier molecular flexibility index (Phi) is 5.76. The summed E-state index contributed by atoms with van der Waals surface area (Å²) in [7, 11) is 0. The third-order valence-electron chi connectivity index (χ3n) is 4.13. The number of nitrogens with two attached hydrogens (primary N) is 1. The molecule has 0 radical (unpaired) electrons. The van der Waals surface area contributed by atoms with Gasteiger partial charge in [0.05, 0.1) is 5.92 Å². The third kappa shape index (κ3) is 4.83. The van der Waals surface area contributed by atoms with E-state index in [-0.39, 0.29) is 11.8 Å². The van der Waals surface area contributed by atoms with Crippen LogP contribution in [0.4, 0.5) is 0 Å². The SMILES string of the molecule is CC(C)CCN(CC(C(=O)NN)c1ccccc1)C1CC1. The van der Waals surface area contributed by atoms with E-state index in [1.807, 2.05) is 30.3 Å². The van der Waals surface area contributed by atoms with Gasteiger partial charge >= 0.3 is 0 Å². The quantitative estimate of drug-likeness (QED) is 0.438. The Bertz CT molecular complexity index is 443. The van der Waals surface area contributed by atoms with Crippen molar-refractivity contribution in [2.75, 3.05) is 13.1 Å². The molecule has 1 aromatic rings. The van der Waals surface area contributed by atoms with Crippen LogP contribution in [0, 0.1) is 5.92 Å². The molecule has 1 atom stereocenters. The van der Waals surface area contributed by atoms with Crippen LogP contribution in [0.25, 0.3) is 0 Å². The maximum atomic E-state index is 12.2. The summed E-state index contributed by atoms with van der Waals surface area (Å²) >= 11 is 0. The van der Waals surface area contributed by atoms with Crippen molar-refractivity contribution in [1.29, 1.82) is 0 Å². The second kappa shape index (κ2) is 7.57. The zero-order valence-corrected chi connectivity index (χ0v) is 13.1. The van der Waals surface area contributed by atoms with E-state index in [0.717, 1.165) is 18.7 Å². The Hall–Kier alpha value is -1.39. The van der Waals surface area contributed by atoms with Gasteiger partial charge in [-0.3, -0.25) is 15.1 Å². The molecule has 0 heterocycles. The summed E-state index contributed by atoms with van der Waals surface area (Å²) in [5.74, 6) is 5.78. The average Bonchev–Trinajstić information content (AvgIpc) is 3.32. The second-order valence-electron chi connectivity index (χ2n) is 6.38. The molecule has 1 amide bonds. The molecule has 1 aliphatic rings. The van der Waals surface area contributed by atoms with Crippen molar-refractivity contribution >= 4 is 5.91 Å². The highest BCUT2D eigenvalue weighted by atomic mass is 16.2. The minimum Gasteiger partial charge on any atom is -0.299 e. The number of carbonyl (C=O) groups is 1. The van der Waals surface area contributed by atoms with E-state index in [1.54, 1.807) is 0 Å². The summed E-state index contributed by atoms with van der Waals surface area (Å²) in [5.41, 5.74) is 3.37. The minimum atomic E-state index is -0.191. The Morgan fingerprint density at radius 1 is 1.33 bits per heavy atom. The Labute approximate surface area is 127 Å². The minimum absolute atomic E-state index is 0.101. The van der Waals surface area contributed by atoms with Crippen molar-refractivity contribution in [3.05, 3.63) is 35.9 Å². The first-order valence-electron chi connectivity index (χ1n) is 7.91. The predicted octanol–water partition coefficient (Wildman–Crippen LogP) is 2.27. The van der Waals surface area contributed by atoms with Gasteiger partial charge in [-0.25, -0.2) is 5.84 Å². The lowest BCUT2D eigenvalue weighted by molar-refractivity contribution is -0.123. The Morgan fingerprint density at radius 2 is 2.00 bits per heavy atom. The van der Waals surface area contributed by atoms with Gasteiger partial charge in [0.25, 0.3) is 0 Å². The molecule has 0 aromatic heterocycles. The molecule has 0 aliphatic heterocycles. The molecule has 1 unspecified atom stereocenters. The highest BCUT2D eigenvalue weighted by Crippen LogP contribution is 2.30. The zero-order valence-electron chi connectivity index (χ0n) is 13.1. The molecular weight excluding hydrogens is 262 g/mol. The van der Waals surface area contributed by atoms with Gasteiger partial charge < -0.3 is 0 Å². The average molecular weight is 289 g/mol. The van der Waals surface area contributed by atoms with E-state index in [4.69, 9.17) is 5.84 Å². The highest BCUT2D eigenvalue weighted by molar-refractivity contribution is 5.83. The van der Waals surface area contributed by atoms with Crippen molar-refractivity contribution in [3.8, 4) is 0 Å². The van der Waals surface area contributed by atoms with E-state index < -0.39 is 0 Å². The van der Waals surface area contributed by atoms with E-state index in [2.05, 4.69) is 24.2 Å². The lowest BCUT2D eigenvalue weighted by Crippen LogP contribution is -2.41. The van der Waals surface area contributed by atoms with Crippen LogP contribution in [-0.4, -0.2) is 29.9 Å². The Morgan fingerprint density at radius 3 is 2.52 bits per heavy atom. The van der Waals surface area contributed by atoms with Crippen molar-refractivity contribution in [1.82, 2.24) is 10.3 Å². The second-order valence-corrected chi connectivity index (χ2v) is 6.38. The fraction of sp³-hybridized carbons (Fsp3) is 0.588. The maximum Gasteiger partial charge on any atom is 0.242 e. The number of hydrazine groups is 1. The molecule has 4 nitrogen and oxygen atoms in total. The number of hydrogen-bond donors (Lipinski definition) is 2. The van der Waals surface area contributed by atoms with E-state index in [9.17, 15) is 4.79 Å². The van der Waals surface area contributed by atoms with Crippen molar-refractivity contribution in [2.45, 2.75) is 45.1 Å². The summed E-state index contributed by atoms with van der Waals surface area (Å²) < 4.78 is 0. The molecule has 0 bridgehead atoms. The number of carbonyl (C=O) groups excluding carboxylic acids is 1. The molecule has 1 aromatic carbocycles. The standard InChI is InChI=1S/C17H27N3O/c1-13(2)10-11-20(15-8-9-15)12-16(17(21)19-18)14-6-4-3-5-7-14/h3-7,13,15-16H,8-12,18H2,1-2H3,(H,19,21). The van der Waals surface area contributed by atoms with Gasteiger partial charge in [0.15, 0.2) is 0 Å². The number of nitrogens with zero attached hydrogens (tertiary/aromatic N) is 1. The summed E-state index contributed by atoms with van der Waals surface area (Å²) in [4.78, 5) is 14.6. The molecule has 116 valence electrons. The van der Waals surface area contributed by atoms with Gasteiger partial charge in [-0.1, -0.05) is 44.2 Å². The number of amides is 1. The molecule has 1 saturated carbocycles. The van der Waals surface area contributed by atoms with Gasteiger partial charge in [0.1, 0.15) is 0 Å². The predicted molar refractivity (Wildman–Crippen MR) is 85.6 cm³/mol. The third-order valence-corrected chi connectivity index (χ3v) is 4.13. The summed E-state index contributed by atoms with van der Waals surface area (Å²) in [6, 6.07) is 10.6. The van der Waals surface area contributed by atoms with Crippen LogP contribution in [0.15, 0.2) is 30.3 Å². The molecule has 0 spiro atoms. The van der Waals surface area contributed by atoms with Crippen molar-refractivity contribution < 1.29 is 4.79 Å². The number of rotatable bonds is 8. The van der Waals surface area contributed by atoms with E-state index >= 15 is 0 Å². The normalized spacial score (nSPS) is 16.2. The zero-order chi connectivity index (χ0) is 15.2. The largest absolute Gasteiger partial charge is 0.299 e. The summed E-state index contributed by atoms with van der Waals surface area (Å²) in [5, 5.41) is 0. The van der Waals surface area contributed by atoms with Crippen LogP contribution < -0.4 is 11.3 Å². The molecule has 1 aliphatic carbocycles. The number of nitrogens with one attached hydrogen (secondary N) is 1. The maximum absolute atomic E-state index is 12.2. The molecular formula is C17H27N3O. The molecule has 4 heteroatoms. The highest BCUT2D eigenvalue weighted by Gasteiger charge is 2.32. The lowest BCUT2D eigenvalue weighted by Gasteiger charge is -2.27. The molecule has 0 saturated heterocycles. The van der Waals surface area contributed by atoms with Crippen LogP contribution in [0.5, 0.6) is 0 Å². The molecule has 1 fully saturated rings. The summed E-state index contributed by atoms with van der Waals surface area (Å²) in [6.45, 7) is 6.30. The van der Waals surface area contributed by atoms with Crippen LogP contribution >= 0.6 is 0 Å². The van der Waals surface area contributed by atoms with Crippen molar-refractivity contribution in [3.63, 3.8) is 0 Å². The van der Waals surface area contributed by atoms with Gasteiger partial charge in [-0.15, -0.1) is 0 Å². The first-order chi connectivity index (χ1) is 10.1. The van der Waals surface area contributed by atoms with Gasteiger partial charge in [-0.2, -0.15) is 0 Å². The lowest BCUT2D eigenvalue weighted by atomic mass is 9.97. The van der Waals surface area contributed by atoms with Crippen LogP contribution in [0.1, 0.15) is 44.6 Å². The van der Waals surface area contributed by atoms with Crippen LogP contribution in [0.2, 0.25) is 0 Å².